The predicted molar refractivity (Wildman–Crippen MR) is 116 cm³/mol. The number of hydrogen-bond acceptors (Lipinski definition) is 4. The zero-order valence-corrected chi connectivity index (χ0v) is 18.7. The average molecular weight is 461 g/mol. The van der Waals surface area contributed by atoms with Crippen LogP contribution in [0, 0.1) is 0 Å². The molecule has 1 rings (SSSR count). The number of carbonyl (C=O) groups excluding carboxylic acids is 1. The van der Waals surface area contributed by atoms with Crippen molar-refractivity contribution in [3.05, 3.63) is 51.7 Å². The van der Waals surface area contributed by atoms with Crippen molar-refractivity contribution in [2.75, 3.05) is 6.61 Å². The number of carbonyl (C=O) groups is 1. The molecular weight excluding hydrogens is 433 g/mol. The number of benzene rings is 1. The van der Waals surface area contributed by atoms with Gasteiger partial charge in [-0.3, -0.25) is 4.99 Å². The highest BCUT2D eigenvalue weighted by molar-refractivity contribution is 6.32. The van der Waals surface area contributed by atoms with Gasteiger partial charge in [-0.2, -0.15) is 13.2 Å². The van der Waals surface area contributed by atoms with Crippen LogP contribution >= 0.6 is 11.6 Å². The Kier molecular flexibility index (Phi) is 10.6. The topological polar surface area (TPSA) is 70.9 Å². The molecule has 0 unspecified atom stereocenters. The van der Waals surface area contributed by atoms with Crippen molar-refractivity contribution in [2.24, 2.45) is 4.99 Å². The van der Waals surface area contributed by atoms with Crippen LogP contribution in [0.4, 0.5) is 18.0 Å². The molecule has 0 radical (unpaired) electrons. The summed E-state index contributed by atoms with van der Waals surface area (Å²) in [5, 5.41) is 11.4. The molecule has 0 fully saturated rings. The number of nitrogens with one attached hydrogen (secondary N) is 1. The summed E-state index contributed by atoms with van der Waals surface area (Å²) >= 11 is 5.73. The zero-order valence-electron chi connectivity index (χ0n) is 17.9. The molecule has 5 nitrogen and oxygen atoms in total. The molecule has 0 heterocycles. The molecule has 172 valence electrons. The molecule has 0 atom stereocenters. The van der Waals surface area contributed by atoms with Crippen molar-refractivity contribution in [1.82, 2.24) is 5.32 Å². The maximum atomic E-state index is 12.9. The molecule has 1 amide bonds. The van der Waals surface area contributed by atoms with E-state index in [0.717, 1.165) is 42.2 Å². The molecule has 0 aliphatic rings. The third-order valence-corrected chi connectivity index (χ3v) is 4.67. The van der Waals surface area contributed by atoms with E-state index >= 15 is 0 Å². The summed E-state index contributed by atoms with van der Waals surface area (Å²) in [7, 11) is 0. The first kappa shape index (κ1) is 26.6. The minimum atomic E-state index is -4.66. The van der Waals surface area contributed by atoms with E-state index in [9.17, 15) is 23.1 Å². The average Bonchev–Trinajstić information content (AvgIpc) is 2.64. The lowest BCUT2D eigenvalue weighted by Crippen LogP contribution is -2.24. The number of allylic oxidation sites excluding steroid dienone is 2. The van der Waals surface area contributed by atoms with Crippen molar-refractivity contribution < 1.29 is 27.8 Å². The third kappa shape index (κ3) is 9.04. The fourth-order valence-electron chi connectivity index (χ4n) is 2.71. The zero-order chi connectivity index (χ0) is 23.6. The predicted octanol–water partition coefficient (Wildman–Crippen LogP) is 6.79. The molecule has 0 spiro atoms. The Morgan fingerprint density at radius 1 is 1.26 bits per heavy atom. The highest BCUT2D eigenvalue weighted by atomic mass is 35.5. The van der Waals surface area contributed by atoms with Gasteiger partial charge in [-0.25, -0.2) is 4.79 Å². The van der Waals surface area contributed by atoms with Crippen LogP contribution in [0.3, 0.4) is 0 Å². The molecule has 0 saturated carbocycles. The molecule has 0 aromatic heterocycles. The first-order valence-corrected chi connectivity index (χ1v) is 10.2. The molecule has 2 N–H and O–H groups in total. The minimum absolute atomic E-state index is 0.163. The summed E-state index contributed by atoms with van der Waals surface area (Å²) < 4.78 is 43.7. The number of hydrogen-bond donors (Lipinski definition) is 2. The van der Waals surface area contributed by atoms with E-state index < -0.39 is 28.6 Å². The van der Waals surface area contributed by atoms with E-state index in [1.165, 1.54) is 0 Å². The number of phenolic OH excluding ortho intramolecular Hbond substituents is 1. The van der Waals surface area contributed by atoms with Gasteiger partial charge in [0, 0.05) is 11.8 Å². The number of phenols is 1. The Bertz CT molecular complexity index is 845. The lowest BCUT2D eigenvalue weighted by molar-refractivity contribution is -0.137. The number of halogens is 4. The Labute approximate surface area is 185 Å². The number of alkyl halides is 3. The minimum Gasteiger partial charge on any atom is -0.508 e. The van der Waals surface area contributed by atoms with Crippen LogP contribution < -0.4 is 5.32 Å². The number of aliphatic imine (C=N–C) groups is 1. The summed E-state index contributed by atoms with van der Waals surface area (Å²) in [6, 6.07) is 1.57. The summed E-state index contributed by atoms with van der Waals surface area (Å²) in [6.07, 6.45) is -0.524. The van der Waals surface area contributed by atoms with E-state index in [4.69, 9.17) is 16.3 Å². The van der Waals surface area contributed by atoms with Crippen LogP contribution in [0.2, 0.25) is 5.02 Å². The van der Waals surface area contributed by atoms with Gasteiger partial charge in [0.2, 0.25) is 0 Å². The van der Waals surface area contributed by atoms with Gasteiger partial charge in [-0.05, 0) is 64.2 Å². The van der Waals surface area contributed by atoms with Crippen molar-refractivity contribution in [2.45, 2.75) is 59.2 Å². The number of rotatable bonds is 10. The second kappa shape index (κ2) is 12.4. The number of amides is 1. The summed E-state index contributed by atoms with van der Waals surface area (Å²) in [6.45, 7) is 9.53. The summed E-state index contributed by atoms with van der Waals surface area (Å²) in [5.41, 5.74) is 1.60. The largest absolute Gasteiger partial charge is 0.508 e. The van der Waals surface area contributed by atoms with Crippen LogP contribution in [0.25, 0.3) is 0 Å². The number of nitrogens with zero attached hydrogens (tertiary/aromatic N) is 1. The lowest BCUT2D eigenvalue weighted by Gasteiger charge is -2.14. The molecule has 1 aromatic carbocycles. The van der Waals surface area contributed by atoms with Crippen LogP contribution in [-0.4, -0.2) is 24.0 Å². The number of unbranched alkanes of at least 4 members (excludes halogenated alkanes) is 3. The van der Waals surface area contributed by atoms with Crippen LogP contribution in [-0.2, 0) is 17.5 Å². The van der Waals surface area contributed by atoms with Crippen molar-refractivity contribution >= 4 is 23.9 Å². The molecule has 0 aliphatic heterocycles. The monoisotopic (exact) mass is 460 g/mol. The smallest absolute Gasteiger partial charge is 0.417 e. The fraction of sp³-hybridized carbons (Fsp3) is 0.455. The Morgan fingerprint density at radius 2 is 1.94 bits per heavy atom. The standard InChI is InChI=1S/C22H28ClF3N2O3/c1-14(2)20(15(3)4)27-11-7-5-6-8-12-31-21(30)28-13-16-18(29)10-9-17(19(16)23)22(24,25)26/h9-11,29H,1,5-8,12-13H2,2-4H3,(H,28,30)/b27-11-. The van der Waals surface area contributed by atoms with Gasteiger partial charge >= 0.3 is 12.3 Å². The molecular formula is C22H28ClF3N2O3. The molecule has 0 bridgehead atoms. The molecule has 9 heteroatoms. The number of aromatic hydroxyl groups is 1. The van der Waals surface area contributed by atoms with E-state index in [1.54, 1.807) is 0 Å². The fourth-order valence-corrected chi connectivity index (χ4v) is 3.04. The van der Waals surface area contributed by atoms with Gasteiger partial charge in [0.05, 0.1) is 29.4 Å². The summed E-state index contributed by atoms with van der Waals surface area (Å²) in [5.74, 6) is -0.442. The van der Waals surface area contributed by atoms with Crippen molar-refractivity contribution in [3.63, 3.8) is 0 Å². The SMILES string of the molecule is C=C(C)C(/N=C\CCCCCOC(=O)NCc1c(O)ccc(C(F)(F)F)c1Cl)=C(C)C. The Hall–Kier alpha value is -2.48. The van der Waals surface area contributed by atoms with Gasteiger partial charge in [0.1, 0.15) is 5.75 Å². The van der Waals surface area contributed by atoms with Crippen LogP contribution in [0.5, 0.6) is 5.75 Å². The Morgan fingerprint density at radius 3 is 2.52 bits per heavy atom. The normalized spacial score (nSPS) is 11.5. The van der Waals surface area contributed by atoms with Gasteiger partial charge in [0.15, 0.2) is 0 Å². The lowest BCUT2D eigenvalue weighted by atomic mass is 10.1. The highest BCUT2D eigenvalue weighted by Crippen LogP contribution is 2.39. The Balaban J connectivity index is 2.36. The highest BCUT2D eigenvalue weighted by Gasteiger charge is 2.34. The second-order valence-corrected chi connectivity index (χ2v) is 7.58. The van der Waals surface area contributed by atoms with E-state index in [0.29, 0.717) is 12.5 Å². The van der Waals surface area contributed by atoms with Crippen molar-refractivity contribution in [1.29, 1.82) is 0 Å². The third-order valence-electron chi connectivity index (χ3n) is 4.24. The van der Waals surface area contributed by atoms with Gasteiger partial charge < -0.3 is 15.2 Å². The summed E-state index contributed by atoms with van der Waals surface area (Å²) in [4.78, 5) is 16.2. The molecule has 1 aromatic rings. The van der Waals surface area contributed by atoms with Gasteiger partial charge in [-0.1, -0.05) is 23.8 Å². The van der Waals surface area contributed by atoms with Gasteiger partial charge in [-0.15, -0.1) is 0 Å². The first-order chi connectivity index (χ1) is 14.4. The van der Waals surface area contributed by atoms with Crippen molar-refractivity contribution in [3.8, 4) is 5.75 Å². The molecule has 31 heavy (non-hydrogen) atoms. The molecule has 0 saturated heterocycles. The maximum absolute atomic E-state index is 12.9. The quantitative estimate of drug-likeness (QED) is 0.229. The molecule has 0 aliphatic carbocycles. The second-order valence-electron chi connectivity index (χ2n) is 7.20. The van der Waals surface area contributed by atoms with E-state index in [-0.39, 0.29) is 18.7 Å². The van der Waals surface area contributed by atoms with E-state index in [2.05, 4.69) is 16.9 Å². The van der Waals surface area contributed by atoms with Crippen LogP contribution in [0.15, 0.2) is 40.5 Å². The number of ether oxygens (including phenoxy) is 1. The first-order valence-electron chi connectivity index (χ1n) is 9.79. The van der Waals surface area contributed by atoms with Crippen LogP contribution in [0.1, 0.15) is 57.6 Å². The van der Waals surface area contributed by atoms with E-state index in [1.807, 2.05) is 27.0 Å². The number of alkyl carbamates (subject to hydrolysis) is 1. The van der Waals surface area contributed by atoms with Gasteiger partial charge in [0.25, 0.3) is 0 Å². The maximum Gasteiger partial charge on any atom is 0.417 e.